The summed E-state index contributed by atoms with van der Waals surface area (Å²) in [6, 6.07) is 6.67. The normalized spacial score (nSPS) is 20.6. The lowest BCUT2D eigenvalue weighted by Gasteiger charge is -2.23. The van der Waals surface area contributed by atoms with Gasteiger partial charge in [-0.05, 0) is 29.5 Å². The van der Waals surface area contributed by atoms with E-state index >= 15 is 0 Å². The number of benzene rings is 1. The number of hydrogen-bond acceptors (Lipinski definition) is 2. The maximum atomic E-state index is 5.94. The van der Waals surface area contributed by atoms with Gasteiger partial charge < -0.3 is 5.73 Å². The smallest absolute Gasteiger partial charge is 0.0551 e. The van der Waals surface area contributed by atoms with Crippen LogP contribution in [-0.2, 0) is 18.6 Å². The van der Waals surface area contributed by atoms with Gasteiger partial charge in [0.25, 0.3) is 0 Å². The van der Waals surface area contributed by atoms with Crippen molar-refractivity contribution in [2.75, 3.05) is 0 Å². The van der Waals surface area contributed by atoms with Gasteiger partial charge >= 0.3 is 0 Å². The Morgan fingerprint density at radius 2 is 2.36 bits per heavy atom. The van der Waals surface area contributed by atoms with E-state index in [0.717, 1.165) is 12.2 Å². The lowest BCUT2D eigenvalue weighted by molar-refractivity contribution is 0.850. The molecule has 1 nitrogen and oxygen atoms in total. The van der Waals surface area contributed by atoms with Gasteiger partial charge in [0.15, 0.2) is 0 Å². The Balaban J connectivity index is 2.31. The molecule has 0 radical (unpaired) electrons. The highest BCUT2D eigenvalue weighted by molar-refractivity contribution is 7.99. The van der Waals surface area contributed by atoms with Crippen LogP contribution < -0.4 is 5.73 Å². The van der Waals surface area contributed by atoms with Gasteiger partial charge in [0.1, 0.15) is 0 Å². The molecule has 1 aliphatic rings. The molecule has 0 aromatic heterocycles. The van der Waals surface area contributed by atoms with Crippen molar-refractivity contribution in [1.29, 1.82) is 0 Å². The molecule has 1 heterocycles. The van der Waals surface area contributed by atoms with Crippen LogP contribution in [0.25, 0.3) is 0 Å². The molecule has 2 heteroatoms. The largest absolute Gasteiger partial charge is 0.319 e. The number of hydrogen-bond donors (Lipinski definition) is 1. The molecule has 0 spiro atoms. The summed E-state index contributed by atoms with van der Waals surface area (Å²) < 4.78 is 0. The second-order valence-corrected chi connectivity index (χ2v) is 5.09. The third-order valence-corrected chi connectivity index (χ3v) is 3.80. The molecule has 1 atom stereocenters. The summed E-state index contributed by atoms with van der Waals surface area (Å²) in [5.41, 5.74) is 10.5. The van der Waals surface area contributed by atoms with Crippen LogP contribution in [0.15, 0.2) is 18.2 Å². The Morgan fingerprint density at radius 1 is 1.50 bits per heavy atom. The molecule has 0 bridgehead atoms. The molecule has 0 amide bonds. The third-order valence-electron chi connectivity index (χ3n) is 2.75. The number of nitrogens with two attached hydrogens (primary N) is 1. The zero-order chi connectivity index (χ0) is 9.97. The molecule has 2 rings (SSSR count). The summed E-state index contributed by atoms with van der Waals surface area (Å²) >= 11 is 1.88. The number of rotatable bonds is 2. The van der Waals surface area contributed by atoms with Crippen molar-refractivity contribution in [3.05, 3.63) is 34.9 Å². The van der Waals surface area contributed by atoms with E-state index in [1.807, 2.05) is 11.8 Å². The Kier molecular flexibility index (Phi) is 3.14. The predicted octanol–water partition coefficient (Wildman–Crippen LogP) is 2.71. The minimum atomic E-state index is 0.305. The van der Waals surface area contributed by atoms with Gasteiger partial charge in [0.2, 0.25) is 0 Å². The molecule has 0 fully saturated rings. The minimum Gasteiger partial charge on any atom is -0.319 e. The average Bonchev–Trinajstić information content (AvgIpc) is 2.18. The average molecular weight is 207 g/mol. The molecule has 76 valence electrons. The molecule has 14 heavy (non-hydrogen) atoms. The maximum Gasteiger partial charge on any atom is 0.0551 e. The molecule has 0 aliphatic carbocycles. The quantitative estimate of drug-likeness (QED) is 0.807. The molecule has 1 aliphatic heterocycles. The summed E-state index contributed by atoms with van der Waals surface area (Å²) in [5.74, 6) is 1.10. The number of thioether (sulfide) groups is 1. The minimum absolute atomic E-state index is 0.305. The van der Waals surface area contributed by atoms with Crippen molar-refractivity contribution in [2.45, 2.75) is 37.3 Å². The first-order valence-corrected chi connectivity index (χ1v) is 6.33. The van der Waals surface area contributed by atoms with Crippen LogP contribution in [0.2, 0.25) is 0 Å². The standard InChI is InChI=1S/C12H17NS/c1-2-4-9-5-3-6-10-7-12(13)14-8-11(9)10/h3,5-6,12H,2,4,7-8,13H2,1H3. The second kappa shape index (κ2) is 4.37. The van der Waals surface area contributed by atoms with Crippen LogP contribution in [0.5, 0.6) is 0 Å². The molecule has 1 aromatic carbocycles. The molecular formula is C12H17NS. The summed E-state index contributed by atoms with van der Waals surface area (Å²) in [6.45, 7) is 2.24. The van der Waals surface area contributed by atoms with Crippen molar-refractivity contribution in [1.82, 2.24) is 0 Å². The molecule has 1 aromatic rings. The van der Waals surface area contributed by atoms with Gasteiger partial charge in [0, 0.05) is 5.75 Å². The van der Waals surface area contributed by atoms with E-state index in [9.17, 15) is 0 Å². The SMILES string of the molecule is CCCc1cccc2c1CSC(N)C2. The molecular weight excluding hydrogens is 190 g/mol. The Morgan fingerprint density at radius 3 is 3.14 bits per heavy atom. The van der Waals surface area contributed by atoms with Crippen LogP contribution in [0.4, 0.5) is 0 Å². The number of fused-ring (bicyclic) bond motifs is 1. The van der Waals surface area contributed by atoms with E-state index in [1.165, 1.54) is 24.0 Å². The van der Waals surface area contributed by atoms with Gasteiger partial charge in [-0.15, -0.1) is 11.8 Å². The Bertz CT molecular complexity index is 308. The van der Waals surface area contributed by atoms with Gasteiger partial charge in [-0.3, -0.25) is 0 Å². The van der Waals surface area contributed by atoms with Crippen molar-refractivity contribution in [2.24, 2.45) is 5.73 Å². The molecule has 0 saturated carbocycles. The lowest BCUT2D eigenvalue weighted by Crippen LogP contribution is -2.23. The Hall–Kier alpha value is -0.470. The van der Waals surface area contributed by atoms with Crippen molar-refractivity contribution in [3.63, 3.8) is 0 Å². The van der Waals surface area contributed by atoms with Crippen LogP contribution in [0, 0.1) is 0 Å². The summed E-state index contributed by atoms with van der Waals surface area (Å²) in [5, 5.41) is 0.305. The van der Waals surface area contributed by atoms with Crippen molar-refractivity contribution < 1.29 is 0 Å². The van der Waals surface area contributed by atoms with Crippen molar-refractivity contribution >= 4 is 11.8 Å². The van der Waals surface area contributed by atoms with Crippen molar-refractivity contribution in [3.8, 4) is 0 Å². The monoisotopic (exact) mass is 207 g/mol. The van der Waals surface area contributed by atoms with Crippen LogP contribution >= 0.6 is 11.8 Å². The van der Waals surface area contributed by atoms with E-state index in [-0.39, 0.29) is 0 Å². The second-order valence-electron chi connectivity index (χ2n) is 3.86. The van der Waals surface area contributed by atoms with Crippen LogP contribution in [0.1, 0.15) is 30.0 Å². The summed E-state index contributed by atoms with van der Waals surface area (Å²) in [4.78, 5) is 0. The van der Waals surface area contributed by atoms with E-state index in [0.29, 0.717) is 5.37 Å². The highest BCUT2D eigenvalue weighted by Crippen LogP contribution is 2.30. The van der Waals surface area contributed by atoms with Crippen LogP contribution in [0.3, 0.4) is 0 Å². The first-order chi connectivity index (χ1) is 6.81. The van der Waals surface area contributed by atoms with Gasteiger partial charge in [0.05, 0.1) is 5.37 Å². The third kappa shape index (κ3) is 1.96. The maximum absolute atomic E-state index is 5.94. The van der Waals surface area contributed by atoms with Gasteiger partial charge in [-0.2, -0.15) is 0 Å². The zero-order valence-electron chi connectivity index (χ0n) is 8.62. The lowest BCUT2D eigenvalue weighted by atomic mass is 9.97. The molecule has 1 unspecified atom stereocenters. The van der Waals surface area contributed by atoms with E-state index in [4.69, 9.17) is 5.73 Å². The highest BCUT2D eigenvalue weighted by Gasteiger charge is 2.17. The first kappa shape index (κ1) is 10.1. The Labute approximate surface area is 90.1 Å². The van der Waals surface area contributed by atoms with E-state index in [2.05, 4.69) is 25.1 Å². The predicted molar refractivity (Wildman–Crippen MR) is 63.4 cm³/mol. The van der Waals surface area contributed by atoms with E-state index < -0.39 is 0 Å². The van der Waals surface area contributed by atoms with E-state index in [1.54, 1.807) is 5.56 Å². The van der Waals surface area contributed by atoms with Gasteiger partial charge in [-0.1, -0.05) is 31.5 Å². The fourth-order valence-electron chi connectivity index (χ4n) is 2.03. The van der Waals surface area contributed by atoms with Crippen LogP contribution in [-0.4, -0.2) is 5.37 Å². The summed E-state index contributed by atoms with van der Waals surface area (Å²) in [6.07, 6.45) is 3.48. The fraction of sp³-hybridized carbons (Fsp3) is 0.500. The highest BCUT2D eigenvalue weighted by atomic mass is 32.2. The molecule has 0 saturated heterocycles. The topological polar surface area (TPSA) is 26.0 Å². The fourth-order valence-corrected chi connectivity index (χ4v) is 3.08. The molecule has 2 N–H and O–H groups in total. The summed E-state index contributed by atoms with van der Waals surface area (Å²) in [7, 11) is 0. The zero-order valence-corrected chi connectivity index (χ0v) is 9.44. The first-order valence-electron chi connectivity index (χ1n) is 5.28. The van der Waals surface area contributed by atoms with Gasteiger partial charge in [-0.25, -0.2) is 0 Å². The number of aryl methyl sites for hydroxylation is 1.